The summed E-state index contributed by atoms with van der Waals surface area (Å²) in [6.45, 7) is 5.15. The highest BCUT2D eigenvalue weighted by atomic mass is 32.1. The first-order valence-corrected chi connectivity index (χ1v) is 9.58. The van der Waals surface area contributed by atoms with E-state index in [-0.39, 0.29) is 12.5 Å². The number of nitrogens with one attached hydrogen (secondary N) is 1. The molecule has 3 aromatic heterocycles. The second kappa shape index (κ2) is 7.95. The summed E-state index contributed by atoms with van der Waals surface area (Å²) in [5.74, 6) is -0.217. The van der Waals surface area contributed by atoms with Crippen LogP contribution in [-0.2, 0) is 11.3 Å². The first kappa shape index (κ1) is 20.4. The third kappa shape index (κ3) is 4.40. The minimum atomic E-state index is -0.470. The number of carbonyl (C=O) groups excluding carboxylic acids is 2. The Balaban J connectivity index is 1.78. The maximum atomic E-state index is 12.4. The molecule has 2 amide bonds. The molecule has 152 valence electrons. The largest absolute Gasteiger partial charge is 0.344 e. The van der Waals surface area contributed by atoms with Crippen LogP contribution in [0.4, 0.5) is 5.13 Å². The van der Waals surface area contributed by atoms with Crippen LogP contribution in [0.1, 0.15) is 26.8 Å². The molecule has 0 aliphatic carbocycles. The van der Waals surface area contributed by atoms with Crippen LogP contribution in [0, 0.1) is 20.8 Å². The lowest BCUT2D eigenvalue weighted by molar-refractivity contribution is -0.117. The highest BCUT2D eigenvalue weighted by Gasteiger charge is 2.18. The molecular weight excluding hydrogens is 394 g/mol. The minimum Gasteiger partial charge on any atom is -0.344 e. The molecule has 0 radical (unpaired) electrons. The molecule has 3 aromatic rings. The molecule has 29 heavy (non-hydrogen) atoms. The van der Waals surface area contributed by atoms with Crippen molar-refractivity contribution >= 4 is 28.3 Å². The SMILES string of the molecule is Cc1cc(C)n(-c2ccc(=O)n(CC(=O)Nc3nc(C)c(C(=O)N(C)C)s3)n2)n1. The molecule has 1 N–H and O–H groups in total. The van der Waals surface area contributed by atoms with Crippen LogP contribution < -0.4 is 10.9 Å². The Morgan fingerprint density at radius 1 is 1.17 bits per heavy atom. The predicted molar refractivity (Wildman–Crippen MR) is 109 cm³/mol. The highest BCUT2D eigenvalue weighted by Crippen LogP contribution is 2.23. The second-order valence-electron chi connectivity index (χ2n) is 6.71. The molecule has 0 saturated heterocycles. The first-order chi connectivity index (χ1) is 13.7. The maximum absolute atomic E-state index is 12.4. The number of aromatic nitrogens is 5. The molecule has 0 bridgehead atoms. The predicted octanol–water partition coefficient (Wildman–Crippen LogP) is 1.15. The summed E-state index contributed by atoms with van der Waals surface area (Å²) in [4.78, 5) is 42.8. The third-order valence-corrected chi connectivity index (χ3v) is 5.08. The summed E-state index contributed by atoms with van der Waals surface area (Å²) in [6.07, 6.45) is 0. The van der Waals surface area contributed by atoms with Crippen molar-refractivity contribution in [2.75, 3.05) is 19.4 Å². The number of thiazole rings is 1. The molecule has 0 saturated carbocycles. The maximum Gasteiger partial charge on any atom is 0.267 e. The number of carbonyl (C=O) groups is 2. The zero-order chi connectivity index (χ0) is 21.3. The van der Waals surface area contributed by atoms with E-state index < -0.39 is 11.5 Å². The number of anilines is 1. The van der Waals surface area contributed by atoms with Gasteiger partial charge in [0.15, 0.2) is 10.9 Å². The molecule has 0 fully saturated rings. The monoisotopic (exact) mass is 415 g/mol. The number of rotatable bonds is 5. The van der Waals surface area contributed by atoms with E-state index in [1.165, 1.54) is 11.0 Å². The quantitative estimate of drug-likeness (QED) is 0.668. The fourth-order valence-electron chi connectivity index (χ4n) is 2.67. The van der Waals surface area contributed by atoms with Crippen molar-refractivity contribution in [3.63, 3.8) is 0 Å². The van der Waals surface area contributed by atoms with Crippen molar-refractivity contribution < 1.29 is 9.59 Å². The van der Waals surface area contributed by atoms with Gasteiger partial charge in [-0.05, 0) is 32.9 Å². The standard InChI is InChI=1S/C18H21N7O3S/c1-10-8-11(2)25(21-10)13-6-7-15(27)24(22-13)9-14(26)20-18-19-12(3)16(29-18)17(28)23(4)5/h6-8H,9H2,1-5H3,(H,19,20,26). The lowest BCUT2D eigenvalue weighted by Crippen LogP contribution is -2.30. The van der Waals surface area contributed by atoms with Gasteiger partial charge in [-0.3, -0.25) is 14.4 Å². The van der Waals surface area contributed by atoms with Crippen LogP contribution in [0.25, 0.3) is 5.82 Å². The molecule has 3 heterocycles. The molecule has 0 aromatic carbocycles. The van der Waals surface area contributed by atoms with Crippen molar-refractivity contribution in [2.24, 2.45) is 0 Å². The average Bonchev–Trinajstić information content (AvgIpc) is 3.17. The van der Waals surface area contributed by atoms with Gasteiger partial charge in [-0.15, -0.1) is 5.10 Å². The van der Waals surface area contributed by atoms with Gasteiger partial charge in [-0.2, -0.15) is 5.10 Å². The van der Waals surface area contributed by atoms with Gasteiger partial charge in [-0.25, -0.2) is 14.3 Å². The summed E-state index contributed by atoms with van der Waals surface area (Å²) >= 11 is 1.09. The minimum absolute atomic E-state index is 0.184. The summed E-state index contributed by atoms with van der Waals surface area (Å²) in [5, 5.41) is 11.5. The van der Waals surface area contributed by atoms with Crippen LogP contribution >= 0.6 is 11.3 Å². The third-order valence-electron chi connectivity index (χ3n) is 4.02. The first-order valence-electron chi connectivity index (χ1n) is 8.76. The van der Waals surface area contributed by atoms with E-state index in [9.17, 15) is 14.4 Å². The van der Waals surface area contributed by atoms with Crippen LogP contribution in [0.5, 0.6) is 0 Å². The fourth-order valence-corrected chi connectivity index (χ4v) is 3.68. The van der Waals surface area contributed by atoms with E-state index in [0.29, 0.717) is 21.5 Å². The zero-order valence-electron chi connectivity index (χ0n) is 16.8. The van der Waals surface area contributed by atoms with Crippen molar-refractivity contribution in [1.82, 2.24) is 29.4 Å². The molecule has 10 nitrogen and oxygen atoms in total. The molecule has 0 atom stereocenters. The van der Waals surface area contributed by atoms with Gasteiger partial charge in [0.25, 0.3) is 11.5 Å². The molecule has 0 unspecified atom stereocenters. The fraction of sp³-hybridized carbons (Fsp3) is 0.333. The van der Waals surface area contributed by atoms with Crippen molar-refractivity contribution in [3.05, 3.63) is 50.5 Å². The summed E-state index contributed by atoms with van der Waals surface area (Å²) in [5.41, 5.74) is 1.80. The van der Waals surface area contributed by atoms with Crippen molar-refractivity contribution in [1.29, 1.82) is 0 Å². The molecule has 11 heteroatoms. The van der Waals surface area contributed by atoms with E-state index in [4.69, 9.17) is 0 Å². The molecule has 3 rings (SSSR count). The van der Waals surface area contributed by atoms with Crippen LogP contribution in [0.15, 0.2) is 23.0 Å². The molecule has 0 spiro atoms. The number of hydrogen-bond donors (Lipinski definition) is 1. The Labute approximate surface area is 170 Å². The molecule has 0 aliphatic heterocycles. The van der Waals surface area contributed by atoms with Gasteiger partial charge >= 0.3 is 0 Å². The molecule has 0 aliphatic rings. The van der Waals surface area contributed by atoms with Gasteiger partial charge in [-0.1, -0.05) is 11.3 Å². The lowest BCUT2D eigenvalue weighted by Gasteiger charge is -2.08. The van der Waals surface area contributed by atoms with Gasteiger partial charge in [0.05, 0.1) is 11.4 Å². The number of amides is 2. The van der Waals surface area contributed by atoms with Crippen LogP contribution in [-0.4, -0.2) is 55.4 Å². The summed E-state index contributed by atoms with van der Waals surface area (Å²) in [7, 11) is 3.29. The van der Waals surface area contributed by atoms with E-state index in [1.54, 1.807) is 31.8 Å². The number of nitrogens with zero attached hydrogens (tertiary/aromatic N) is 6. The van der Waals surface area contributed by atoms with Gasteiger partial charge < -0.3 is 10.2 Å². The van der Waals surface area contributed by atoms with Crippen molar-refractivity contribution in [3.8, 4) is 5.82 Å². The summed E-state index contributed by atoms with van der Waals surface area (Å²) in [6, 6.07) is 4.79. The Morgan fingerprint density at radius 2 is 1.90 bits per heavy atom. The Bertz CT molecular complexity index is 1140. The number of aryl methyl sites for hydroxylation is 3. The van der Waals surface area contributed by atoms with Gasteiger partial charge in [0, 0.05) is 25.9 Å². The molecular formula is C18H21N7O3S. The van der Waals surface area contributed by atoms with E-state index >= 15 is 0 Å². The normalized spacial score (nSPS) is 10.8. The smallest absolute Gasteiger partial charge is 0.267 e. The van der Waals surface area contributed by atoms with Gasteiger partial charge in [0.1, 0.15) is 11.4 Å². The lowest BCUT2D eigenvalue weighted by atomic mass is 10.3. The Hall–Kier alpha value is -3.34. The van der Waals surface area contributed by atoms with E-state index in [2.05, 4.69) is 20.5 Å². The summed E-state index contributed by atoms with van der Waals surface area (Å²) < 4.78 is 2.67. The number of hydrogen-bond acceptors (Lipinski definition) is 7. The zero-order valence-corrected chi connectivity index (χ0v) is 17.6. The van der Waals surface area contributed by atoms with E-state index in [0.717, 1.165) is 27.4 Å². The Morgan fingerprint density at radius 3 is 2.52 bits per heavy atom. The highest BCUT2D eigenvalue weighted by molar-refractivity contribution is 7.17. The van der Waals surface area contributed by atoms with Gasteiger partial charge in [0.2, 0.25) is 5.91 Å². The van der Waals surface area contributed by atoms with Crippen LogP contribution in [0.2, 0.25) is 0 Å². The second-order valence-corrected chi connectivity index (χ2v) is 7.71. The van der Waals surface area contributed by atoms with Crippen molar-refractivity contribution in [2.45, 2.75) is 27.3 Å². The van der Waals surface area contributed by atoms with E-state index in [1.807, 2.05) is 19.9 Å². The average molecular weight is 415 g/mol. The topological polar surface area (TPSA) is 115 Å². The van der Waals surface area contributed by atoms with Crippen LogP contribution in [0.3, 0.4) is 0 Å². The Kier molecular flexibility index (Phi) is 5.59.